The summed E-state index contributed by atoms with van der Waals surface area (Å²) in [5, 5.41) is 0.602. The zero-order chi connectivity index (χ0) is 16.6. The molecule has 0 spiro atoms. The maximum atomic E-state index is 12.2. The van der Waals surface area contributed by atoms with Gasteiger partial charge in [0, 0.05) is 18.6 Å². The average molecular weight is 371 g/mol. The lowest BCUT2D eigenvalue weighted by Crippen LogP contribution is -2.10. The van der Waals surface area contributed by atoms with Crippen LogP contribution in [0.4, 0.5) is 0 Å². The van der Waals surface area contributed by atoms with Crippen molar-refractivity contribution in [3.63, 3.8) is 0 Å². The summed E-state index contributed by atoms with van der Waals surface area (Å²) in [5.74, 6) is 0.458. The predicted molar refractivity (Wildman–Crippen MR) is 91.0 cm³/mol. The molecular weight excluding hydrogens is 359 g/mol. The van der Waals surface area contributed by atoms with Crippen LogP contribution in [0.3, 0.4) is 0 Å². The topological polar surface area (TPSA) is 92.3 Å². The number of nitrogens with zero attached hydrogens (tertiary/aromatic N) is 1. The molecule has 0 saturated heterocycles. The lowest BCUT2D eigenvalue weighted by atomic mass is 10.1. The number of nitrogens with one attached hydrogen (secondary N) is 1. The highest BCUT2D eigenvalue weighted by molar-refractivity contribution is 7.68. The molecule has 0 aliphatic heterocycles. The number of rotatable bonds is 4. The van der Waals surface area contributed by atoms with Gasteiger partial charge >= 0.3 is 7.60 Å². The first-order valence-electron chi connectivity index (χ1n) is 6.55. The summed E-state index contributed by atoms with van der Waals surface area (Å²) in [5.41, 5.74) is 0.927. The Kier molecular flexibility index (Phi) is 4.40. The van der Waals surface area contributed by atoms with Crippen LogP contribution in [0.2, 0.25) is 5.02 Å². The third-order valence-electron chi connectivity index (χ3n) is 3.21. The predicted octanol–water partition coefficient (Wildman–Crippen LogP) is 2.69. The zero-order valence-corrected chi connectivity index (χ0v) is 14.4. The fourth-order valence-electron chi connectivity index (χ4n) is 2.13. The molecule has 0 radical (unpaired) electrons. The monoisotopic (exact) mass is 370 g/mol. The molecule has 1 atom stereocenters. The smallest absolute Gasteiger partial charge is 0.320 e. The second kappa shape index (κ2) is 6.19. The first-order valence-corrected chi connectivity index (χ1v) is 9.32. The second-order valence-corrected chi connectivity index (χ2v) is 8.50. The van der Waals surface area contributed by atoms with Crippen molar-refractivity contribution >= 4 is 45.4 Å². The maximum Gasteiger partial charge on any atom is 0.368 e. The van der Waals surface area contributed by atoms with Crippen LogP contribution in [0.15, 0.2) is 35.1 Å². The summed E-state index contributed by atoms with van der Waals surface area (Å²) in [6, 6.07) is 8.66. The molecule has 3 aromatic rings. The van der Waals surface area contributed by atoms with Gasteiger partial charge in [-0.2, -0.15) is 0 Å². The molecule has 0 fully saturated rings. The molecule has 0 aliphatic rings. The lowest BCUT2D eigenvalue weighted by molar-refractivity contribution is 0.328. The van der Waals surface area contributed by atoms with Crippen molar-refractivity contribution in [2.24, 2.45) is 0 Å². The van der Waals surface area contributed by atoms with E-state index in [9.17, 15) is 14.3 Å². The number of halogens is 1. The maximum absolute atomic E-state index is 12.2. The summed E-state index contributed by atoms with van der Waals surface area (Å²) in [4.78, 5) is 28.9. The van der Waals surface area contributed by atoms with Crippen molar-refractivity contribution in [2.75, 3.05) is 7.11 Å². The van der Waals surface area contributed by atoms with Gasteiger partial charge in [-0.05, 0) is 23.8 Å². The number of H-pyrrole nitrogens is 1. The normalized spacial score (nSPS) is 14.0. The molecule has 0 bridgehead atoms. The van der Waals surface area contributed by atoms with E-state index in [4.69, 9.17) is 11.6 Å². The number of fused-ring (bicyclic) bond motifs is 1. The van der Waals surface area contributed by atoms with Gasteiger partial charge < -0.3 is 14.4 Å². The quantitative estimate of drug-likeness (QED) is 0.689. The van der Waals surface area contributed by atoms with E-state index in [0.29, 0.717) is 27.5 Å². The summed E-state index contributed by atoms with van der Waals surface area (Å²) >= 11 is 6.85. The number of benzene rings is 1. The molecule has 9 heteroatoms. The number of hydrogen-bond donors (Lipinski definition) is 2. The first kappa shape index (κ1) is 16.4. The number of hydrogen-bond acceptors (Lipinski definition) is 5. The van der Waals surface area contributed by atoms with Crippen LogP contribution < -0.4 is 10.2 Å². The fourth-order valence-corrected chi connectivity index (χ4v) is 4.50. The van der Waals surface area contributed by atoms with E-state index in [2.05, 4.69) is 14.5 Å². The Morgan fingerprint density at radius 3 is 2.91 bits per heavy atom. The molecule has 0 amide bonds. The summed E-state index contributed by atoms with van der Waals surface area (Å²) in [6.45, 7) is 0. The highest BCUT2D eigenvalue weighted by Crippen LogP contribution is 2.42. The Bertz CT molecular complexity index is 984. The van der Waals surface area contributed by atoms with Crippen molar-refractivity contribution < 1.29 is 14.0 Å². The van der Waals surface area contributed by atoms with Crippen LogP contribution in [-0.2, 0) is 15.5 Å². The van der Waals surface area contributed by atoms with Gasteiger partial charge in [-0.3, -0.25) is 9.36 Å². The molecule has 6 nitrogen and oxygen atoms in total. The van der Waals surface area contributed by atoms with Gasteiger partial charge in [0.25, 0.3) is 5.56 Å². The second-order valence-electron chi connectivity index (χ2n) is 4.82. The first-order chi connectivity index (χ1) is 10.9. The molecule has 2 aromatic heterocycles. The molecule has 2 N–H and O–H groups in total. The molecule has 1 unspecified atom stereocenters. The molecule has 0 aliphatic carbocycles. The third kappa shape index (κ3) is 3.39. The minimum atomic E-state index is -3.90. The molecular formula is C14H12ClN2O4PS. The Morgan fingerprint density at radius 1 is 1.43 bits per heavy atom. The standard InChI is InChI=1S/C14H12ClN2O4PS/c1-21-22(19,20)12-7-10-13(23-12)14(18)17-11(16-10)6-8-3-2-4-9(15)5-8/h2-5,7H,6H2,1H3,(H,19,20)(H,16,17,18). The Balaban J connectivity index is 2.04. The van der Waals surface area contributed by atoms with Crippen LogP contribution in [0.1, 0.15) is 11.4 Å². The molecule has 2 heterocycles. The summed E-state index contributed by atoms with van der Waals surface area (Å²) in [7, 11) is -2.75. The van der Waals surface area contributed by atoms with Crippen LogP contribution in [-0.4, -0.2) is 22.0 Å². The highest BCUT2D eigenvalue weighted by atomic mass is 35.5. The summed E-state index contributed by atoms with van der Waals surface area (Å²) < 4.78 is 16.9. The molecule has 3 rings (SSSR count). The number of aromatic amines is 1. The molecule has 23 heavy (non-hydrogen) atoms. The van der Waals surface area contributed by atoms with Crippen molar-refractivity contribution in [3.8, 4) is 0 Å². The van der Waals surface area contributed by atoms with E-state index in [1.54, 1.807) is 12.1 Å². The summed E-state index contributed by atoms with van der Waals surface area (Å²) in [6.07, 6.45) is 0.401. The van der Waals surface area contributed by atoms with Gasteiger partial charge in [0.15, 0.2) is 0 Å². The van der Waals surface area contributed by atoms with Gasteiger partial charge in [0.1, 0.15) is 15.1 Å². The third-order valence-corrected chi connectivity index (χ3v) is 6.51. The van der Waals surface area contributed by atoms with Crippen molar-refractivity contribution in [2.45, 2.75) is 6.42 Å². The van der Waals surface area contributed by atoms with E-state index in [1.165, 1.54) is 6.07 Å². The Labute approximate surface area is 140 Å². The van der Waals surface area contributed by atoms with E-state index in [-0.39, 0.29) is 10.2 Å². The Hall–Kier alpha value is -1.50. The van der Waals surface area contributed by atoms with Crippen molar-refractivity contribution in [1.29, 1.82) is 0 Å². The Morgan fingerprint density at radius 2 is 2.22 bits per heavy atom. The van der Waals surface area contributed by atoms with Crippen LogP contribution in [0.25, 0.3) is 10.2 Å². The van der Waals surface area contributed by atoms with Crippen LogP contribution in [0, 0.1) is 0 Å². The number of thiophene rings is 1. The average Bonchev–Trinajstić information content (AvgIpc) is 2.93. The van der Waals surface area contributed by atoms with Crippen molar-refractivity contribution in [3.05, 3.63) is 57.1 Å². The molecule has 0 saturated carbocycles. The van der Waals surface area contributed by atoms with Crippen LogP contribution >= 0.6 is 30.5 Å². The minimum Gasteiger partial charge on any atom is -0.320 e. The lowest BCUT2D eigenvalue weighted by Gasteiger charge is -2.03. The largest absolute Gasteiger partial charge is 0.368 e. The van der Waals surface area contributed by atoms with E-state index in [1.807, 2.05) is 12.1 Å². The van der Waals surface area contributed by atoms with Gasteiger partial charge in [-0.15, -0.1) is 11.3 Å². The van der Waals surface area contributed by atoms with Gasteiger partial charge in [0.05, 0.1) is 5.52 Å². The van der Waals surface area contributed by atoms with E-state index in [0.717, 1.165) is 24.0 Å². The van der Waals surface area contributed by atoms with Crippen molar-refractivity contribution in [1.82, 2.24) is 9.97 Å². The zero-order valence-electron chi connectivity index (χ0n) is 11.9. The SMILES string of the molecule is COP(=O)(O)c1cc2nc(Cc3cccc(Cl)c3)[nH]c(=O)c2s1. The van der Waals surface area contributed by atoms with E-state index < -0.39 is 7.60 Å². The molecule has 1 aromatic carbocycles. The van der Waals surface area contributed by atoms with Gasteiger partial charge in [-0.25, -0.2) is 4.98 Å². The minimum absolute atomic E-state index is 0.0907. The van der Waals surface area contributed by atoms with E-state index >= 15 is 0 Å². The van der Waals surface area contributed by atoms with Crippen LogP contribution in [0.5, 0.6) is 0 Å². The highest BCUT2D eigenvalue weighted by Gasteiger charge is 2.25. The number of aromatic nitrogens is 2. The molecule has 120 valence electrons. The van der Waals surface area contributed by atoms with Gasteiger partial charge in [-0.1, -0.05) is 23.7 Å². The van der Waals surface area contributed by atoms with Gasteiger partial charge in [0.2, 0.25) is 0 Å². The fraction of sp³-hybridized carbons (Fsp3) is 0.143.